The van der Waals surface area contributed by atoms with Crippen LogP contribution in [-0.4, -0.2) is 58.4 Å². The molecule has 0 aliphatic carbocycles. The van der Waals surface area contributed by atoms with Crippen molar-refractivity contribution in [3.05, 3.63) is 34.9 Å². The third kappa shape index (κ3) is 4.20. The highest BCUT2D eigenvalue weighted by molar-refractivity contribution is 6.30. The lowest BCUT2D eigenvalue weighted by atomic mass is 10.0. The fourth-order valence-electron chi connectivity index (χ4n) is 2.51. The second-order valence-electron chi connectivity index (χ2n) is 6.23. The number of nitrogens with one attached hydrogen (secondary N) is 1. The van der Waals surface area contributed by atoms with E-state index in [0.717, 1.165) is 5.56 Å². The zero-order valence-corrected chi connectivity index (χ0v) is 13.7. The number of likely N-dealkylation sites (tertiary alicyclic amines) is 1. The average molecular weight is 327 g/mol. The normalized spacial score (nSPS) is 25.0. The van der Waals surface area contributed by atoms with Gasteiger partial charge in [0, 0.05) is 24.2 Å². The summed E-state index contributed by atoms with van der Waals surface area (Å²) < 4.78 is 0. The Labute approximate surface area is 135 Å². The first-order chi connectivity index (χ1) is 10.3. The molecule has 0 spiro atoms. The highest BCUT2D eigenvalue weighted by Gasteiger charge is 2.45. The number of amides is 1. The Morgan fingerprint density at radius 1 is 1.45 bits per heavy atom. The number of aliphatic hydroxyl groups is 2. The van der Waals surface area contributed by atoms with E-state index in [9.17, 15) is 15.0 Å². The first-order valence-electron chi connectivity index (χ1n) is 7.46. The number of rotatable bonds is 5. The van der Waals surface area contributed by atoms with Crippen LogP contribution >= 0.6 is 11.6 Å². The zero-order chi connectivity index (χ0) is 16.3. The molecule has 1 heterocycles. The van der Waals surface area contributed by atoms with Crippen molar-refractivity contribution in [1.82, 2.24) is 10.2 Å². The van der Waals surface area contributed by atoms with Crippen LogP contribution in [0.15, 0.2) is 24.3 Å². The van der Waals surface area contributed by atoms with Crippen LogP contribution < -0.4 is 5.32 Å². The monoisotopic (exact) mass is 326 g/mol. The Kier molecular flexibility index (Phi) is 5.45. The van der Waals surface area contributed by atoms with E-state index in [1.807, 2.05) is 13.8 Å². The Balaban J connectivity index is 1.95. The van der Waals surface area contributed by atoms with Crippen molar-refractivity contribution in [1.29, 1.82) is 0 Å². The van der Waals surface area contributed by atoms with Crippen molar-refractivity contribution in [2.75, 3.05) is 19.6 Å². The molecular formula is C16H23ClN2O3. The number of benzene rings is 1. The third-order valence-electron chi connectivity index (χ3n) is 3.92. The number of hydrogen-bond acceptors (Lipinski definition) is 4. The number of hydrogen-bond donors (Lipinski definition) is 3. The molecule has 6 heteroatoms. The highest BCUT2D eigenvalue weighted by atomic mass is 35.5. The smallest absolute Gasteiger partial charge is 0.227 e. The number of aliphatic hydroxyl groups excluding tert-OH is 1. The molecule has 1 aromatic rings. The Bertz CT molecular complexity index is 521. The van der Waals surface area contributed by atoms with Gasteiger partial charge in [0.05, 0.1) is 13.0 Å². The van der Waals surface area contributed by atoms with Gasteiger partial charge in [0.2, 0.25) is 5.91 Å². The molecule has 0 saturated carbocycles. The van der Waals surface area contributed by atoms with Gasteiger partial charge in [-0.25, -0.2) is 0 Å². The van der Waals surface area contributed by atoms with E-state index in [2.05, 4.69) is 5.32 Å². The summed E-state index contributed by atoms with van der Waals surface area (Å²) in [4.78, 5) is 13.8. The van der Waals surface area contributed by atoms with E-state index in [1.54, 1.807) is 24.3 Å². The lowest BCUT2D eigenvalue weighted by molar-refractivity contribution is -0.130. The second kappa shape index (κ2) is 6.96. The fraction of sp³-hybridized carbons (Fsp3) is 0.562. The van der Waals surface area contributed by atoms with Crippen LogP contribution in [0, 0.1) is 0 Å². The molecule has 2 rings (SSSR count). The molecule has 3 N–H and O–H groups in total. The van der Waals surface area contributed by atoms with Gasteiger partial charge in [0.25, 0.3) is 0 Å². The van der Waals surface area contributed by atoms with Crippen LogP contribution in [0.5, 0.6) is 0 Å². The van der Waals surface area contributed by atoms with Gasteiger partial charge >= 0.3 is 0 Å². The standard InChI is InChI=1S/C16H23ClN2O3/c1-11(2)18-9-16(22)10-19(8-14(16)20)15(21)7-12-3-5-13(17)6-4-12/h3-6,11,14,18,20,22H,7-10H2,1-2H3/t14-,16+/m1/s1. The summed E-state index contributed by atoms with van der Waals surface area (Å²) in [6.45, 7) is 4.49. The van der Waals surface area contributed by atoms with E-state index < -0.39 is 11.7 Å². The summed E-state index contributed by atoms with van der Waals surface area (Å²) in [6.07, 6.45) is -0.703. The van der Waals surface area contributed by atoms with Crippen LogP contribution in [0.25, 0.3) is 0 Å². The number of halogens is 1. The van der Waals surface area contributed by atoms with Gasteiger partial charge in [-0.1, -0.05) is 37.6 Å². The Hall–Kier alpha value is -1.14. The number of β-amino-alcohol motifs (C(OH)–C–C–N with tert-alkyl or cyclic N) is 2. The van der Waals surface area contributed by atoms with E-state index >= 15 is 0 Å². The molecule has 0 radical (unpaired) electrons. The molecule has 1 amide bonds. The minimum absolute atomic E-state index is 0.109. The van der Waals surface area contributed by atoms with Crippen LogP contribution in [0.4, 0.5) is 0 Å². The summed E-state index contributed by atoms with van der Waals surface area (Å²) in [5, 5.41) is 24.3. The van der Waals surface area contributed by atoms with Crippen LogP contribution in [0.1, 0.15) is 19.4 Å². The molecule has 1 fully saturated rings. The highest BCUT2D eigenvalue weighted by Crippen LogP contribution is 2.22. The lowest BCUT2D eigenvalue weighted by Crippen LogP contribution is -2.51. The maximum absolute atomic E-state index is 12.3. The van der Waals surface area contributed by atoms with Gasteiger partial charge < -0.3 is 20.4 Å². The lowest BCUT2D eigenvalue weighted by Gasteiger charge is -2.27. The van der Waals surface area contributed by atoms with Crippen LogP contribution in [-0.2, 0) is 11.2 Å². The second-order valence-corrected chi connectivity index (χ2v) is 6.67. The van der Waals surface area contributed by atoms with Crippen LogP contribution in [0.3, 0.4) is 0 Å². The van der Waals surface area contributed by atoms with Crippen molar-refractivity contribution in [2.24, 2.45) is 0 Å². The SMILES string of the molecule is CC(C)NC[C@]1(O)CN(C(=O)Cc2ccc(Cl)cc2)C[C@H]1O. The molecule has 5 nitrogen and oxygen atoms in total. The first-order valence-corrected chi connectivity index (χ1v) is 7.84. The summed E-state index contributed by atoms with van der Waals surface area (Å²) in [5.41, 5.74) is -0.431. The van der Waals surface area contributed by atoms with Crippen molar-refractivity contribution in [3.8, 4) is 0 Å². The van der Waals surface area contributed by atoms with Gasteiger partial charge in [0.1, 0.15) is 11.7 Å². The average Bonchev–Trinajstić information content (AvgIpc) is 2.76. The minimum atomic E-state index is -1.29. The number of nitrogens with zero attached hydrogens (tertiary/aromatic N) is 1. The zero-order valence-electron chi connectivity index (χ0n) is 12.9. The number of carbonyl (C=O) groups is 1. The maximum Gasteiger partial charge on any atom is 0.227 e. The van der Waals surface area contributed by atoms with Gasteiger partial charge in [0.15, 0.2) is 0 Å². The van der Waals surface area contributed by atoms with E-state index in [1.165, 1.54) is 4.90 Å². The quantitative estimate of drug-likeness (QED) is 0.749. The van der Waals surface area contributed by atoms with Crippen molar-refractivity contribution in [2.45, 2.75) is 38.0 Å². The predicted molar refractivity (Wildman–Crippen MR) is 85.8 cm³/mol. The van der Waals surface area contributed by atoms with Gasteiger partial charge in [-0.15, -0.1) is 0 Å². The molecule has 1 saturated heterocycles. The summed E-state index contributed by atoms with van der Waals surface area (Å²) in [6, 6.07) is 7.30. The van der Waals surface area contributed by atoms with Crippen LogP contribution in [0.2, 0.25) is 5.02 Å². The number of carbonyl (C=O) groups excluding carboxylic acids is 1. The first kappa shape index (κ1) is 17.2. The summed E-state index contributed by atoms with van der Waals surface area (Å²) in [5.74, 6) is -0.109. The molecule has 22 heavy (non-hydrogen) atoms. The summed E-state index contributed by atoms with van der Waals surface area (Å²) >= 11 is 5.82. The molecule has 0 aromatic heterocycles. The Morgan fingerprint density at radius 3 is 2.68 bits per heavy atom. The molecule has 1 aromatic carbocycles. The predicted octanol–water partition coefficient (Wildman–Crippen LogP) is 0.815. The van der Waals surface area contributed by atoms with Crippen molar-refractivity contribution in [3.63, 3.8) is 0 Å². The molecule has 1 aliphatic heterocycles. The fourth-order valence-corrected chi connectivity index (χ4v) is 2.64. The maximum atomic E-state index is 12.3. The molecule has 1 aliphatic rings. The molecule has 0 unspecified atom stereocenters. The van der Waals surface area contributed by atoms with Crippen molar-refractivity contribution >= 4 is 17.5 Å². The van der Waals surface area contributed by atoms with Gasteiger partial charge in [-0.2, -0.15) is 0 Å². The largest absolute Gasteiger partial charge is 0.388 e. The van der Waals surface area contributed by atoms with E-state index in [-0.39, 0.29) is 38.0 Å². The molecular weight excluding hydrogens is 304 g/mol. The van der Waals surface area contributed by atoms with E-state index in [0.29, 0.717) is 5.02 Å². The minimum Gasteiger partial charge on any atom is -0.388 e. The topological polar surface area (TPSA) is 72.8 Å². The van der Waals surface area contributed by atoms with Gasteiger partial charge in [-0.3, -0.25) is 4.79 Å². The van der Waals surface area contributed by atoms with E-state index in [4.69, 9.17) is 11.6 Å². The summed E-state index contributed by atoms with van der Waals surface area (Å²) in [7, 11) is 0. The Morgan fingerprint density at radius 2 is 2.09 bits per heavy atom. The molecule has 122 valence electrons. The van der Waals surface area contributed by atoms with Gasteiger partial charge in [-0.05, 0) is 17.7 Å². The molecule has 2 atom stereocenters. The van der Waals surface area contributed by atoms with Crippen molar-refractivity contribution < 1.29 is 15.0 Å². The third-order valence-corrected chi connectivity index (χ3v) is 4.17. The molecule has 0 bridgehead atoms.